The summed E-state index contributed by atoms with van der Waals surface area (Å²) in [5.41, 5.74) is 3.23. The van der Waals surface area contributed by atoms with Gasteiger partial charge in [0.1, 0.15) is 5.75 Å². The van der Waals surface area contributed by atoms with E-state index in [1.54, 1.807) is 12.1 Å². The molecule has 130 valence electrons. The summed E-state index contributed by atoms with van der Waals surface area (Å²) in [4.78, 5) is 22.6. The number of hydrogen-bond donors (Lipinski definition) is 2. The monoisotopic (exact) mass is 348 g/mol. The number of hydrogen-bond acceptors (Lipinski definition) is 4. The number of carboxylic acid groups (broad SMARTS) is 1. The molecule has 6 heteroatoms. The van der Waals surface area contributed by atoms with Crippen molar-refractivity contribution in [3.63, 3.8) is 0 Å². The SMILES string of the molecule is O=C(COc1ccc2ccccc2c1)NN=Cc1ccc(C(=O)O)cc1. The number of benzene rings is 3. The van der Waals surface area contributed by atoms with Crippen LogP contribution in [-0.2, 0) is 4.79 Å². The Bertz CT molecular complexity index is 965. The highest BCUT2D eigenvalue weighted by atomic mass is 16.5. The molecule has 0 aromatic heterocycles. The maximum Gasteiger partial charge on any atom is 0.335 e. The molecule has 0 aliphatic carbocycles. The van der Waals surface area contributed by atoms with Crippen LogP contribution >= 0.6 is 0 Å². The fraction of sp³-hybridized carbons (Fsp3) is 0.0500. The van der Waals surface area contributed by atoms with Crippen molar-refractivity contribution in [2.45, 2.75) is 0 Å². The van der Waals surface area contributed by atoms with Gasteiger partial charge in [0, 0.05) is 0 Å². The van der Waals surface area contributed by atoms with Crippen molar-refractivity contribution in [1.82, 2.24) is 5.43 Å². The molecule has 2 N–H and O–H groups in total. The lowest BCUT2D eigenvalue weighted by atomic mass is 10.1. The Balaban J connectivity index is 1.51. The highest BCUT2D eigenvalue weighted by molar-refractivity contribution is 5.89. The molecule has 0 radical (unpaired) electrons. The van der Waals surface area contributed by atoms with Gasteiger partial charge in [-0.1, -0.05) is 42.5 Å². The van der Waals surface area contributed by atoms with Crippen LogP contribution in [0.4, 0.5) is 0 Å². The van der Waals surface area contributed by atoms with E-state index >= 15 is 0 Å². The lowest BCUT2D eigenvalue weighted by Gasteiger charge is -2.06. The first-order valence-corrected chi connectivity index (χ1v) is 7.89. The molecule has 0 spiro atoms. The molecule has 3 aromatic carbocycles. The van der Waals surface area contributed by atoms with E-state index in [1.165, 1.54) is 18.3 Å². The van der Waals surface area contributed by atoms with E-state index in [4.69, 9.17) is 9.84 Å². The topological polar surface area (TPSA) is 88.0 Å². The van der Waals surface area contributed by atoms with Crippen LogP contribution in [-0.4, -0.2) is 29.8 Å². The summed E-state index contributed by atoms with van der Waals surface area (Å²) in [5, 5.41) is 14.8. The Morgan fingerprint density at radius 2 is 1.73 bits per heavy atom. The number of amides is 1. The number of aromatic carboxylic acids is 1. The first-order chi connectivity index (χ1) is 12.6. The van der Waals surface area contributed by atoms with Gasteiger partial charge in [-0.15, -0.1) is 0 Å². The van der Waals surface area contributed by atoms with Gasteiger partial charge in [-0.25, -0.2) is 10.2 Å². The van der Waals surface area contributed by atoms with Crippen molar-refractivity contribution in [2.75, 3.05) is 6.61 Å². The maximum atomic E-state index is 11.8. The zero-order valence-corrected chi connectivity index (χ0v) is 13.8. The van der Waals surface area contributed by atoms with E-state index in [1.807, 2.05) is 42.5 Å². The second kappa shape index (κ2) is 7.94. The molecule has 26 heavy (non-hydrogen) atoms. The third-order valence-corrected chi connectivity index (χ3v) is 3.65. The van der Waals surface area contributed by atoms with Gasteiger partial charge < -0.3 is 9.84 Å². The molecule has 0 aliphatic rings. The lowest BCUT2D eigenvalue weighted by Crippen LogP contribution is -2.24. The van der Waals surface area contributed by atoms with Crippen molar-refractivity contribution in [3.8, 4) is 5.75 Å². The zero-order chi connectivity index (χ0) is 18.4. The van der Waals surface area contributed by atoms with Gasteiger partial charge in [-0.2, -0.15) is 5.10 Å². The molecule has 0 aliphatic heterocycles. The zero-order valence-electron chi connectivity index (χ0n) is 13.8. The third-order valence-electron chi connectivity index (χ3n) is 3.65. The molecule has 0 fully saturated rings. The highest BCUT2D eigenvalue weighted by Gasteiger charge is 2.03. The number of hydrazone groups is 1. The first kappa shape index (κ1) is 17.2. The Morgan fingerprint density at radius 1 is 1.00 bits per heavy atom. The largest absolute Gasteiger partial charge is 0.484 e. The predicted octanol–water partition coefficient (Wildman–Crippen LogP) is 3.07. The number of rotatable bonds is 6. The molecule has 1 amide bonds. The molecule has 0 saturated carbocycles. The van der Waals surface area contributed by atoms with Crippen LogP contribution in [0.15, 0.2) is 71.8 Å². The average molecular weight is 348 g/mol. The molecular weight excluding hydrogens is 332 g/mol. The summed E-state index contributed by atoms with van der Waals surface area (Å²) in [5.74, 6) is -0.781. The molecule has 0 saturated heterocycles. The van der Waals surface area contributed by atoms with Crippen LogP contribution in [0.1, 0.15) is 15.9 Å². The van der Waals surface area contributed by atoms with Gasteiger partial charge >= 0.3 is 5.97 Å². The van der Waals surface area contributed by atoms with Crippen molar-refractivity contribution in [2.24, 2.45) is 5.10 Å². The number of fused-ring (bicyclic) bond motifs is 1. The number of carbonyl (C=O) groups excluding carboxylic acids is 1. The Kier molecular flexibility index (Phi) is 5.24. The molecule has 0 atom stereocenters. The van der Waals surface area contributed by atoms with Crippen LogP contribution in [0, 0.1) is 0 Å². The van der Waals surface area contributed by atoms with E-state index in [0.717, 1.165) is 10.8 Å². The minimum Gasteiger partial charge on any atom is -0.484 e. The van der Waals surface area contributed by atoms with Gasteiger partial charge in [0.15, 0.2) is 6.61 Å². The average Bonchev–Trinajstić information content (AvgIpc) is 2.66. The molecule has 0 bridgehead atoms. The van der Waals surface area contributed by atoms with Crippen molar-refractivity contribution >= 4 is 28.9 Å². The van der Waals surface area contributed by atoms with Crippen LogP contribution in [0.25, 0.3) is 10.8 Å². The van der Waals surface area contributed by atoms with Crippen LogP contribution in [0.3, 0.4) is 0 Å². The highest BCUT2D eigenvalue weighted by Crippen LogP contribution is 2.20. The predicted molar refractivity (Wildman–Crippen MR) is 98.6 cm³/mol. The molecule has 0 heterocycles. The number of nitrogens with one attached hydrogen (secondary N) is 1. The summed E-state index contributed by atoms with van der Waals surface area (Å²) >= 11 is 0. The lowest BCUT2D eigenvalue weighted by molar-refractivity contribution is -0.123. The van der Waals surface area contributed by atoms with Crippen molar-refractivity contribution < 1.29 is 19.4 Å². The maximum absolute atomic E-state index is 11.8. The normalized spacial score (nSPS) is 10.8. The van der Waals surface area contributed by atoms with Gasteiger partial charge in [-0.3, -0.25) is 4.79 Å². The molecule has 6 nitrogen and oxygen atoms in total. The third kappa shape index (κ3) is 4.45. The smallest absolute Gasteiger partial charge is 0.335 e. The fourth-order valence-electron chi connectivity index (χ4n) is 2.33. The summed E-state index contributed by atoms with van der Waals surface area (Å²) < 4.78 is 5.47. The Morgan fingerprint density at radius 3 is 2.46 bits per heavy atom. The standard InChI is InChI=1S/C20H16N2O4/c23-19(22-21-12-14-5-7-16(8-6-14)20(24)25)13-26-18-10-9-15-3-1-2-4-17(15)11-18/h1-12H,13H2,(H,22,23)(H,24,25). The second-order valence-electron chi connectivity index (χ2n) is 5.52. The summed E-state index contributed by atoms with van der Waals surface area (Å²) in [6.45, 7) is -0.159. The summed E-state index contributed by atoms with van der Waals surface area (Å²) in [6, 6.07) is 19.6. The van der Waals surface area contributed by atoms with E-state index in [-0.39, 0.29) is 12.2 Å². The second-order valence-corrected chi connectivity index (χ2v) is 5.52. The van der Waals surface area contributed by atoms with E-state index in [0.29, 0.717) is 11.3 Å². The number of carboxylic acids is 1. The molecule has 3 aromatic rings. The molecule has 0 unspecified atom stereocenters. The molecular formula is C20H16N2O4. The number of carbonyl (C=O) groups is 2. The summed E-state index contributed by atoms with van der Waals surface area (Å²) in [7, 11) is 0. The van der Waals surface area contributed by atoms with Crippen LogP contribution in [0.2, 0.25) is 0 Å². The number of ether oxygens (including phenoxy) is 1. The van der Waals surface area contributed by atoms with Crippen molar-refractivity contribution in [1.29, 1.82) is 0 Å². The first-order valence-electron chi connectivity index (χ1n) is 7.89. The Labute approximate surface area is 149 Å². The van der Waals surface area contributed by atoms with Crippen molar-refractivity contribution in [3.05, 3.63) is 77.9 Å². The van der Waals surface area contributed by atoms with Gasteiger partial charge in [0.2, 0.25) is 0 Å². The molecule has 3 rings (SSSR count). The van der Waals surface area contributed by atoms with Crippen LogP contribution < -0.4 is 10.2 Å². The quantitative estimate of drug-likeness (QED) is 0.529. The summed E-state index contributed by atoms with van der Waals surface area (Å²) in [6.07, 6.45) is 1.43. The minimum atomic E-state index is -0.993. The number of nitrogens with zero attached hydrogens (tertiary/aromatic N) is 1. The van der Waals surface area contributed by atoms with Gasteiger partial charge in [0.05, 0.1) is 11.8 Å². The Hall–Kier alpha value is -3.67. The van der Waals surface area contributed by atoms with Crippen LogP contribution in [0.5, 0.6) is 5.75 Å². The van der Waals surface area contributed by atoms with Gasteiger partial charge in [-0.05, 0) is 40.6 Å². The van der Waals surface area contributed by atoms with Gasteiger partial charge in [0.25, 0.3) is 5.91 Å². The van der Waals surface area contributed by atoms with E-state index < -0.39 is 11.9 Å². The minimum absolute atomic E-state index is 0.159. The van der Waals surface area contributed by atoms with E-state index in [2.05, 4.69) is 10.5 Å². The fourth-order valence-corrected chi connectivity index (χ4v) is 2.33. The van der Waals surface area contributed by atoms with E-state index in [9.17, 15) is 9.59 Å².